The lowest BCUT2D eigenvalue weighted by atomic mass is 10.2. The molecule has 4 heteroatoms. The highest BCUT2D eigenvalue weighted by molar-refractivity contribution is 5.28. The predicted molar refractivity (Wildman–Crippen MR) is 62.1 cm³/mol. The van der Waals surface area contributed by atoms with Crippen LogP contribution < -0.4 is 10.5 Å². The number of hydrogen-bond acceptors (Lipinski definition) is 3. The molecule has 2 aromatic rings. The van der Waals surface area contributed by atoms with E-state index in [2.05, 4.69) is 0 Å². The molecular formula is C13H14FNO2. The van der Waals surface area contributed by atoms with Gasteiger partial charge in [0, 0.05) is 0 Å². The molecule has 0 amide bonds. The maximum Gasteiger partial charge on any atom is 0.146 e. The van der Waals surface area contributed by atoms with Crippen molar-refractivity contribution in [3.8, 4) is 5.75 Å². The second kappa shape index (κ2) is 5.01. The zero-order chi connectivity index (χ0) is 12.3. The van der Waals surface area contributed by atoms with Crippen molar-refractivity contribution in [3.63, 3.8) is 0 Å². The van der Waals surface area contributed by atoms with Crippen molar-refractivity contribution >= 4 is 0 Å². The molecule has 0 aliphatic rings. The van der Waals surface area contributed by atoms with Crippen LogP contribution in [0.25, 0.3) is 0 Å². The summed E-state index contributed by atoms with van der Waals surface area (Å²) in [5.41, 5.74) is 5.99. The molecule has 0 aliphatic carbocycles. The molecule has 0 aliphatic heterocycles. The second-order valence-electron chi connectivity index (χ2n) is 3.77. The number of ether oxygens (including phenoxy) is 1. The van der Waals surface area contributed by atoms with Crippen LogP contribution in [-0.4, -0.2) is 0 Å². The minimum atomic E-state index is -0.235. The van der Waals surface area contributed by atoms with E-state index < -0.39 is 0 Å². The first kappa shape index (κ1) is 11.7. The summed E-state index contributed by atoms with van der Waals surface area (Å²) in [5.74, 6) is 1.81. The first-order chi connectivity index (χ1) is 8.19. The summed E-state index contributed by atoms with van der Waals surface area (Å²) in [6.45, 7) is 2.38. The van der Waals surface area contributed by atoms with E-state index in [0.717, 1.165) is 5.76 Å². The minimum Gasteiger partial charge on any atom is -0.486 e. The van der Waals surface area contributed by atoms with Crippen LogP contribution in [-0.2, 0) is 13.2 Å². The van der Waals surface area contributed by atoms with E-state index in [1.807, 2.05) is 12.1 Å². The van der Waals surface area contributed by atoms with Gasteiger partial charge in [0.05, 0.1) is 6.54 Å². The minimum absolute atomic E-state index is 0.235. The van der Waals surface area contributed by atoms with Gasteiger partial charge in [0.2, 0.25) is 0 Å². The number of nitrogens with two attached hydrogens (primary N) is 1. The van der Waals surface area contributed by atoms with Gasteiger partial charge in [-0.15, -0.1) is 0 Å². The molecule has 0 atom stereocenters. The smallest absolute Gasteiger partial charge is 0.146 e. The highest BCUT2D eigenvalue weighted by Gasteiger charge is 2.03. The van der Waals surface area contributed by atoms with Gasteiger partial charge in [0.15, 0.2) is 0 Å². The number of aryl methyl sites for hydroxylation is 1. The summed E-state index contributed by atoms with van der Waals surface area (Å²) < 4.78 is 23.9. The highest BCUT2D eigenvalue weighted by Crippen LogP contribution is 2.18. The van der Waals surface area contributed by atoms with Crippen molar-refractivity contribution in [2.24, 2.45) is 5.73 Å². The molecular weight excluding hydrogens is 221 g/mol. The summed E-state index contributed by atoms with van der Waals surface area (Å²) in [4.78, 5) is 0. The molecule has 0 spiro atoms. The fourth-order valence-electron chi connectivity index (χ4n) is 1.47. The Kier molecular flexibility index (Phi) is 3.44. The van der Waals surface area contributed by atoms with E-state index in [9.17, 15) is 4.39 Å². The standard InChI is InChI=1S/C13H14FNO2/c1-9-6-10(4-5-13(9)14)16-8-12-3-2-11(7-15)17-12/h2-6H,7-8,15H2,1H3. The second-order valence-corrected chi connectivity index (χ2v) is 3.77. The third kappa shape index (κ3) is 2.85. The average molecular weight is 235 g/mol. The number of hydrogen-bond donors (Lipinski definition) is 1. The Labute approximate surface area is 99.0 Å². The van der Waals surface area contributed by atoms with E-state index >= 15 is 0 Å². The summed E-state index contributed by atoms with van der Waals surface area (Å²) in [6.07, 6.45) is 0. The Balaban J connectivity index is 1.99. The fourth-order valence-corrected chi connectivity index (χ4v) is 1.47. The molecule has 0 unspecified atom stereocenters. The molecule has 0 bridgehead atoms. The Morgan fingerprint density at radius 3 is 2.65 bits per heavy atom. The Hall–Kier alpha value is -1.81. The topological polar surface area (TPSA) is 48.4 Å². The molecule has 2 N–H and O–H groups in total. The highest BCUT2D eigenvalue weighted by atomic mass is 19.1. The number of rotatable bonds is 4. The van der Waals surface area contributed by atoms with Crippen molar-refractivity contribution in [2.45, 2.75) is 20.1 Å². The third-order valence-corrected chi connectivity index (χ3v) is 2.43. The van der Waals surface area contributed by atoms with E-state index in [4.69, 9.17) is 14.9 Å². The van der Waals surface area contributed by atoms with Crippen molar-refractivity contribution in [1.29, 1.82) is 0 Å². The van der Waals surface area contributed by atoms with Crippen LogP contribution >= 0.6 is 0 Å². The normalized spacial score (nSPS) is 10.5. The van der Waals surface area contributed by atoms with Gasteiger partial charge in [-0.2, -0.15) is 0 Å². The SMILES string of the molecule is Cc1cc(OCc2ccc(CN)o2)ccc1F. The average Bonchev–Trinajstić information content (AvgIpc) is 2.79. The van der Waals surface area contributed by atoms with Gasteiger partial charge in [-0.3, -0.25) is 0 Å². The molecule has 0 saturated heterocycles. The van der Waals surface area contributed by atoms with E-state index in [1.54, 1.807) is 19.1 Å². The van der Waals surface area contributed by atoms with Crippen LogP contribution in [0.1, 0.15) is 17.1 Å². The Bertz CT molecular complexity index is 508. The summed E-state index contributed by atoms with van der Waals surface area (Å²) >= 11 is 0. The lowest BCUT2D eigenvalue weighted by molar-refractivity contribution is 0.265. The Morgan fingerprint density at radius 1 is 1.24 bits per heavy atom. The van der Waals surface area contributed by atoms with Crippen LogP contribution in [0.5, 0.6) is 5.75 Å². The van der Waals surface area contributed by atoms with Crippen LogP contribution in [0.15, 0.2) is 34.7 Å². The molecule has 0 radical (unpaired) electrons. The van der Waals surface area contributed by atoms with Gasteiger partial charge in [-0.05, 0) is 42.8 Å². The lowest BCUT2D eigenvalue weighted by Gasteiger charge is -2.05. The van der Waals surface area contributed by atoms with Crippen molar-refractivity contribution in [1.82, 2.24) is 0 Å². The lowest BCUT2D eigenvalue weighted by Crippen LogP contribution is -1.96. The van der Waals surface area contributed by atoms with Crippen molar-refractivity contribution < 1.29 is 13.5 Å². The van der Waals surface area contributed by atoms with E-state index in [-0.39, 0.29) is 5.82 Å². The monoisotopic (exact) mass is 235 g/mol. The molecule has 1 aromatic carbocycles. The molecule has 3 nitrogen and oxygen atoms in total. The van der Waals surface area contributed by atoms with Crippen molar-refractivity contribution in [3.05, 3.63) is 53.2 Å². The Morgan fingerprint density at radius 2 is 2.00 bits per heavy atom. The summed E-state index contributed by atoms with van der Waals surface area (Å²) in [5, 5.41) is 0. The van der Waals surface area contributed by atoms with Gasteiger partial charge in [-0.1, -0.05) is 0 Å². The summed E-state index contributed by atoms with van der Waals surface area (Å²) in [7, 11) is 0. The number of furan rings is 1. The van der Waals surface area contributed by atoms with Crippen molar-refractivity contribution in [2.75, 3.05) is 0 Å². The number of halogens is 1. The molecule has 0 saturated carbocycles. The van der Waals surface area contributed by atoms with Gasteiger partial charge in [0.1, 0.15) is 29.7 Å². The van der Waals surface area contributed by atoms with Crippen LogP contribution in [0.3, 0.4) is 0 Å². The fraction of sp³-hybridized carbons (Fsp3) is 0.231. The van der Waals surface area contributed by atoms with Gasteiger partial charge in [-0.25, -0.2) is 4.39 Å². The van der Waals surface area contributed by atoms with Gasteiger partial charge < -0.3 is 14.9 Å². The van der Waals surface area contributed by atoms with E-state index in [1.165, 1.54) is 6.07 Å². The van der Waals surface area contributed by atoms with E-state index in [0.29, 0.717) is 30.2 Å². The third-order valence-electron chi connectivity index (χ3n) is 2.43. The van der Waals surface area contributed by atoms with Gasteiger partial charge >= 0.3 is 0 Å². The molecule has 17 heavy (non-hydrogen) atoms. The number of benzene rings is 1. The molecule has 1 aromatic heterocycles. The predicted octanol–water partition coefficient (Wildman–Crippen LogP) is 2.76. The van der Waals surface area contributed by atoms with Crippen LogP contribution in [0, 0.1) is 12.7 Å². The quantitative estimate of drug-likeness (QED) is 0.886. The first-order valence-corrected chi connectivity index (χ1v) is 5.35. The molecule has 2 rings (SSSR count). The molecule has 0 fully saturated rings. The zero-order valence-electron chi connectivity index (χ0n) is 9.57. The molecule has 90 valence electrons. The summed E-state index contributed by atoms with van der Waals surface area (Å²) in [6, 6.07) is 8.27. The maximum absolute atomic E-state index is 13.0. The van der Waals surface area contributed by atoms with Crippen LogP contribution in [0.4, 0.5) is 4.39 Å². The van der Waals surface area contributed by atoms with Gasteiger partial charge in [0.25, 0.3) is 0 Å². The largest absolute Gasteiger partial charge is 0.486 e. The maximum atomic E-state index is 13.0. The zero-order valence-corrected chi connectivity index (χ0v) is 9.57. The first-order valence-electron chi connectivity index (χ1n) is 5.35. The molecule has 1 heterocycles. The van der Waals surface area contributed by atoms with Crippen LogP contribution in [0.2, 0.25) is 0 Å².